The Bertz CT molecular complexity index is 977. The molecule has 3 aromatic rings. The third-order valence-electron chi connectivity index (χ3n) is 3.22. The van der Waals surface area contributed by atoms with Crippen molar-refractivity contribution in [1.29, 1.82) is 0 Å². The molecule has 0 saturated heterocycles. The Morgan fingerprint density at radius 1 is 1.09 bits per heavy atom. The molecule has 0 bridgehead atoms. The molecule has 0 saturated carbocycles. The van der Waals surface area contributed by atoms with Gasteiger partial charge in [-0.05, 0) is 36.4 Å². The quantitative estimate of drug-likeness (QED) is 0.555. The summed E-state index contributed by atoms with van der Waals surface area (Å²) in [6.45, 7) is 0. The number of carboxylic acid groups (broad SMARTS) is 1. The van der Waals surface area contributed by atoms with Gasteiger partial charge < -0.3 is 9.52 Å². The number of fused-ring (bicyclic) bond motifs is 2. The molecular weight excluding hydrogens is 358 g/mol. The molecule has 3 rings (SSSR count). The van der Waals surface area contributed by atoms with Crippen LogP contribution in [-0.4, -0.2) is 21.5 Å². The third kappa shape index (κ3) is 2.74. The number of hydrogen-bond acceptors (Lipinski definition) is 4. The van der Waals surface area contributed by atoms with E-state index >= 15 is 0 Å². The molecule has 1 aromatic heterocycles. The first-order chi connectivity index (χ1) is 9.97. The number of carboxylic acids is 1. The maximum absolute atomic E-state index is 12.4. The van der Waals surface area contributed by atoms with E-state index < -0.39 is 16.8 Å². The van der Waals surface area contributed by atoms with Crippen molar-refractivity contribution in [3.8, 4) is 0 Å². The van der Waals surface area contributed by atoms with Crippen molar-refractivity contribution in [3.05, 3.63) is 52.2 Å². The first-order valence-corrected chi connectivity index (χ1v) is 7.60. The van der Waals surface area contributed by atoms with Crippen LogP contribution < -0.4 is 5.43 Å². The van der Waals surface area contributed by atoms with Gasteiger partial charge in [0.05, 0.1) is 16.3 Å². The van der Waals surface area contributed by atoms with E-state index in [0.29, 0.717) is 21.4 Å². The smallest absolute Gasteiger partial charge is 0.335 e. The minimum Gasteiger partial charge on any atom is -0.478 e. The maximum atomic E-state index is 12.4. The summed E-state index contributed by atoms with van der Waals surface area (Å²) in [5, 5.41) is 9.53. The van der Waals surface area contributed by atoms with Crippen molar-refractivity contribution in [3.63, 3.8) is 0 Å². The number of carbonyl (C=O) groups is 1. The van der Waals surface area contributed by atoms with Gasteiger partial charge in [-0.1, -0.05) is 0 Å². The van der Waals surface area contributed by atoms with Crippen molar-refractivity contribution < 1.29 is 38.0 Å². The normalized spacial score (nSPS) is 12.0. The molecule has 1 heterocycles. The SMILES string of the molecule is CS(=O)c1ccc2c(=O)c3cc(C(=O)O)ccc3oc2c1.[Zn]. The Hall–Kier alpha value is -1.85. The molecule has 0 aliphatic carbocycles. The molecule has 0 amide bonds. The molecule has 2 aromatic carbocycles. The fourth-order valence-electron chi connectivity index (χ4n) is 2.15. The number of aromatic carboxylic acids is 1. The second-order valence-corrected chi connectivity index (χ2v) is 5.94. The Kier molecular flexibility index (Phi) is 4.59. The second kappa shape index (κ2) is 6.11. The molecule has 0 aliphatic heterocycles. The monoisotopic (exact) mass is 366 g/mol. The van der Waals surface area contributed by atoms with E-state index in [1.807, 2.05) is 0 Å². The molecule has 5 nitrogen and oxygen atoms in total. The van der Waals surface area contributed by atoms with Crippen LogP contribution in [0.4, 0.5) is 0 Å². The van der Waals surface area contributed by atoms with Crippen LogP contribution in [0.1, 0.15) is 10.4 Å². The van der Waals surface area contributed by atoms with Crippen molar-refractivity contribution in [2.45, 2.75) is 4.90 Å². The molecule has 1 atom stereocenters. The van der Waals surface area contributed by atoms with E-state index in [9.17, 15) is 13.8 Å². The molecular formula is C15H10O5SZn. The topological polar surface area (TPSA) is 84.6 Å². The minimum atomic E-state index is -1.17. The predicted molar refractivity (Wildman–Crippen MR) is 79.3 cm³/mol. The number of rotatable bonds is 2. The molecule has 1 unspecified atom stereocenters. The molecule has 22 heavy (non-hydrogen) atoms. The van der Waals surface area contributed by atoms with Gasteiger partial charge >= 0.3 is 5.97 Å². The Labute approximate surface area is 140 Å². The van der Waals surface area contributed by atoms with E-state index in [0.717, 1.165) is 0 Å². The van der Waals surface area contributed by atoms with Gasteiger partial charge in [0.2, 0.25) is 5.43 Å². The van der Waals surface area contributed by atoms with Gasteiger partial charge in [0.15, 0.2) is 0 Å². The first kappa shape index (κ1) is 16.5. The zero-order valence-corrected chi connectivity index (χ0v) is 15.4. The third-order valence-corrected chi connectivity index (χ3v) is 4.14. The summed E-state index contributed by atoms with van der Waals surface area (Å²) in [7, 11) is -1.17. The van der Waals surface area contributed by atoms with Gasteiger partial charge in [-0.25, -0.2) is 4.79 Å². The van der Waals surface area contributed by atoms with Crippen LogP contribution in [0.2, 0.25) is 0 Å². The van der Waals surface area contributed by atoms with Gasteiger partial charge in [-0.2, -0.15) is 0 Å². The Balaban J connectivity index is 0.00000176. The predicted octanol–water partition coefficient (Wildman–Crippen LogP) is 2.38. The summed E-state index contributed by atoms with van der Waals surface area (Å²) < 4.78 is 17.1. The van der Waals surface area contributed by atoms with Gasteiger partial charge in [-0.15, -0.1) is 0 Å². The fourth-order valence-corrected chi connectivity index (χ4v) is 2.68. The summed E-state index contributed by atoms with van der Waals surface area (Å²) in [5.41, 5.74) is 0.364. The molecule has 108 valence electrons. The Morgan fingerprint density at radius 2 is 1.82 bits per heavy atom. The zero-order chi connectivity index (χ0) is 15.1. The summed E-state index contributed by atoms with van der Waals surface area (Å²) in [6.07, 6.45) is 1.54. The van der Waals surface area contributed by atoms with Gasteiger partial charge in [0.1, 0.15) is 11.2 Å². The summed E-state index contributed by atoms with van der Waals surface area (Å²) in [4.78, 5) is 23.9. The van der Waals surface area contributed by atoms with Crippen molar-refractivity contribution in [1.82, 2.24) is 0 Å². The number of benzene rings is 2. The second-order valence-electron chi connectivity index (χ2n) is 4.56. The molecule has 0 spiro atoms. The van der Waals surface area contributed by atoms with Crippen LogP contribution in [0.3, 0.4) is 0 Å². The van der Waals surface area contributed by atoms with E-state index in [2.05, 4.69) is 0 Å². The van der Waals surface area contributed by atoms with E-state index in [4.69, 9.17) is 9.52 Å². The molecule has 1 N–H and O–H groups in total. The molecule has 0 aliphatic rings. The van der Waals surface area contributed by atoms with Crippen LogP contribution in [-0.2, 0) is 30.3 Å². The van der Waals surface area contributed by atoms with Crippen LogP contribution in [0, 0.1) is 0 Å². The maximum Gasteiger partial charge on any atom is 0.335 e. The zero-order valence-electron chi connectivity index (χ0n) is 11.7. The van der Waals surface area contributed by atoms with Gasteiger partial charge in [0, 0.05) is 41.4 Å². The average Bonchev–Trinajstić information content (AvgIpc) is 2.46. The van der Waals surface area contributed by atoms with Crippen LogP contribution in [0.25, 0.3) is 21.9 Å². The molecule has 0 fully saturated rings. The van der Waals surface area contributed by atoms with Gasteiger partial charge in [-0.3, -0.25) is 9.00 Å². The Morgan fingerprint density at radius 3 is 2.45 bits per heavy atom. The average molecular weight is 368 g/mol. The van der Waals surface area contributed by atoms with Crippen LogP contribution >= 0.6 is 0 Å². The standard InChI is InChI=1S/C15H10O5S.Zn/c1-21(19)9-3-4-10-13(7-9)20-12-5-2-8(15(17)18)6-11(12)14(10)16;/h2-7H,1H3,(H,17,18);. The van der Waals surface area contributed by atoms with Crippen molar-refractivity contribution >= 4 is 38.7 Å². The summed E-state index contributed by atoms with van der Waals surface area (Å²) >= 11 is 0. The van der Waals surface area contributed by atoms with Crippen LogP contribution in [0.15, 0.2) is 50.5 Å². The van der Waals surface area contributed by atoms with E-state index in [-0.39, 0.29) is 35.9 Å². The molecule has 7 heteroatoms. The van der Waals surface area contributed by atoms with Crippen molar-refractivity contribution in [2.75, 3.05) is 6.26 Å². The largest absolute Gasteiger partial charge is 0.478 e. The summed E-state index contributed by atoms with van der Waals surface area (Å²) in [5.74, 6) is -1.10. The minimum absolute atomic E-state index is 0. The fraction of sp³-hybridized carbons (Fsp3) is 0.0667. The van der Waals surface area contributed by atoms with E-state index in [1.54, 1.807) is 24.5 Å². The van der Waals surface area contributed by atoms with E-state index in [1.165, 1.54) is 18.2 Å². The first-order valence-electron chi connectivity index (χ1n) is 6.05. The number of hydrogen-bond donors (Lipinski definition) is 1. The van der Waals surface area contributed by atoms with Crippen LogP contribution in [0.5, 0.6) is 0 Å². The molecule has 0 radical (unpaired) electrons. The van der Waals surface area contributed by atoms with Gasteiger partial charge in [0.25, 0.3) is 0 Å². The van der Waals surface area contributed by atoms with Crippen molar-refractivity contribution in [2.24, 2.45) is 0 Å². The summed E-state index contributed by atoms with van der Waals surface area (Å²) in [6, 6.07) is 8.84.